The molecule has 0 spiro atoms. The third kappa shape index (κ3) is 6.74. The Morgan fingerprint density at radius 2 is 1.83 bits per heavy atom. The maximum Gasteiger partial charge on any atom is 0.228 e. The van der Waals surface area contributed by atoms with E-state index in [2.05, 4.69) is 10.1 Å². The minimum Gasteiger partial charge on any atom is -0.493 e. The van der Waals surface area contributed by atoms with Crippen LogP contribution in [0.3, 0.4) is 0 Å². The number of benzene rings is 1. The molecule has 2 rings (SSSR count). The topological polar surface area (TPSA) is 86.9 Å². The number of rotatable bonds is 10. The second-order valence-corrected chi connectivity index (χ2v) is 7.94. The van der Waals surface area contributed by atoms with Crippen LogP contribution in [0.15, 0.2) is 22.7 Å². The third-order valence-electron chi connectivity index (χ3n) is 4.31. The summed E-state index contributed by atoms with van der Waals surface area (Å²) in [5.74, 6) is 2.25. The maximum atomic E-state index is 12.6. The van der Waals surface area contributed by atoms with Crippen molar-refractivity contribution in [3.63, 3.8) is 0 Å². The molecule has 0 unspecified atom stereocenters. The summed E-state index contributed by atoms with van der Waals surface area (Å²) in [4.78, 5) is 18.9. The van der Waals surface area contributed by atoms with Gasteiger partial charge in [-0.3, -0.25) is 4.79 Å². The van der Waals surface area contributed by atoms with Gasteiger partial charge in [0.15, 0.2) is 11.5 Å². The summed E-state index contributed by atoms with van der Waals surface area (Å²) in [6.45, 7) is 7.65. The molecule has 0 atom stereocenters. The highest BCUT2D eigenvalue weighted by molar-refractivity contribution is 5.76. The van der Waals surface area contributed by atoms with Crippen LogP contribution in [0.25, 0.3) is 11.4 Å². The fourth-order valence-electron chi connectivity index (χ4n) is 2.81. The first-order valence-corrected chi connectivity index (χ1v) is 9.59. The molecule has 0 fully saturated rings. The van der Waals surface area contributed by atoms with Crippen LogP contribution in [0.5, 0.6) is 11.5 Å². The van der Waals surface area contributed by atoms with Crippen LogP contribution in [0.4, 0.5) is 0 Å². The Hall–Kier alpha value is -2.61. The van der Waals surface area contributed by atoms with E-state index in [4.69, 9.17) is 18.7 Å². The zero-order chi connectivity index (χ0) is 21.4. The lowest BCUT2D eigenvalue weighted by molar-refractivity contribution is -0.133. The zero-order valence-corrected chi connectivity index (χ0v) is 18.2. The zero-order valence-electron chi connectivity index (χ0n) is 18.2. The SMILES string of the molecule is COCCN(CCc1nc(-c2ccc(OC)c(OC)c2)no1)C(=O)CC(C)(C)C. The largest absolute Gasteiger partial charge is 0.493 e. The summed E-state index contributed by atoms with van der Waals surface area (Å²) >= 11 is 0. The van der Waals surface area contributed by atoms with Gasteiger partial charge >= 0.3 is 0 Å². The van der Waals surface area contributed by atoms with Crippen LogP contribution >= 0.6 is 0 Å². The van der Waals surface area contributed by atoms with Crippen LogP contribution in [0.1, 0.15) is 33.1 Å². The molecule has 160 valence electrons. The second kappa shape index (κ2) is 10.2. The molecule has 2 aromatic rings. The molecule has 1 heterocycles. The van der Waals surface area contributed by atoms with Crippen LogP contribution in [0, 0.1) is 5.41 Å². The Balaban J connectivity index is 2.06. The van der Waals surface area contributed by atoms with Gasteiger partial charge in [0.2, 0.25) is 17.6 Å². The van der Waals surface area contributed by atoms with Crippen LogP contribution in [-0.4, -0.2) is 62.0 Å². The van der Waals surface area contributed by atoms with E-state index >= 15 is 0 Å². The van der Waals surface area contributed by atoms with Crippen molar-refractivity contribution in [2.45, 2.75) is 33.6 Å². The van der Waals surface area contributed by atoms with Crippen LogP contribution in [-0.2, 0) is 16.0 Å². The van der Waals surface area contributed by atoms with E-state index in [9.17, 15) is 4.79 Å². The average Bonchev–Trinajstić information content (AvgIpc) is 3.15. The van der Waals surface area contributed by atoms with Gasteiger partial charge in [-0.1, -0.05) is 25.9 Å². The number of aromatic nitrogens is 2. The van der Waals surface area contributed by atoms with E-state index in [1.54, 1.807) is 38.4 Å². The quantitative estimate of drug-likeness (QED) is 0.600. The van der Waals surface area contributed by atoms with Gasteiger partial charge in [-0.05, 0) is 23.6 Å². The Morgan fingerprint density at radius 1 is 1.10 bits per heavy atom. The summed E-state index contributed by atoms with van der Waals surface area (Å²) in [7, 11) is 4.78. The summed E-state index contributed by atoms with van der Waals surface area (Å²) < 4.78 is 21.1. The number of ether oxygens (including phenoxy) is 3. The highest BCUT2D eigenvalue weighted by Crippen LogP contribution is 2.31. The molecule has 0 N–H and O–H groups in total. The molecule has 0 aliphatic rings. The summed E-state index contributed by atoms with van der Waals surface area (Å²) in [6, 6.07) is 5.43. The van der Waals surface area contributed by atoms with Crippen molar-refractivity contribution in [2.75, 3.05) is 41.0 Å². The van der Waals surface area contributed by atoms with Gasteiger partial charge in [0.05, 0.1) is 20.8 Å². The molecule has 29 heavy (non-hydrogen) atoms. The Bertz CT molecular complexity index is 798. The van der Waals surface area contributed by atoms with Crippen LogP contribution in [0.2, 0.25) is 0 Å². The molecule has 0 saturated carbocycles. The third-order valence-corrected chi connectivity index (χ3v) is 4.31. The smallest absolute Gasteiger partial charge is 0.228 e. The normalized spacial score (nSPS) is 11.4. The van der Waals surface area contributed by atoms with Gasteiger partial charge in [-0.2, -0.15) is 4.98 Å². The van der Waals surface area contributed by atoms with Crippen LogP contribution < -0.4 is 9.47 Å². The Labute approximate surface area is 172 Å². The standard InChI is InChI=1S/C21H31N3O5/c1-21(2,3)14-19(25)24(11-12-26-4)10-9-18-22-20(23-29-18)15-7-8-16(27-5)17(13-15)28-6/h7-8,13H,9-12,14H2,1-6H3. The lowest BCUT2D eigenvalue weighted by Gasteiger charge is -2.26. The first-order valence-electron chi connectivity index (χ1n) is 9.59. The molecule has 0 saturated heterocycles. The number of carbonyl (C=O) groups excluding carboxylic acids is 1. The highest BCUT2D eigenvalue weighted by Gasteiger charge is 2.22. The number of methoxy groups -OCH3 is 3. The fourth-order valence-corrected chi connectivity index (χ4v) is 2.81. The first kappa shape index (κ1) is 22.7. The summed E-state index contributed by atoms with van der Waals surface area (Å²) in [5.41, 5.74) is 0.686. The minimum atomic E-state index is -0.0759. The maximum absolute atomic E-state index is 12.6. The minimum absolute atomic E-state index is 0.0759. The molecule has 0 radical (unpaired) electrons. The highest BCUT2D eigenvalue weighted by atomic mass is 16.5. The second-order valence-electron chi connectivity index (χ2n) is 7.94. The molecular formula is C21H31N3O5. The van der Waals surface area contributed by atoms with Gasteiger partial charge in [-0.25, -0.2) is 0 Å². The predicted molar refractivity (Wildman–Crippen MR) is 109 cm³/mol. The van der Waals surface area contributed by atoms with Crippen molar-refractivity contribution < 1.29 is 23.5 Å². The number of hydrogen-bond donors (Lipinski definition) is 0. The molecule has 0 bridgehead atoms. The van der Waals surface area contributed by atoms with Crippen molar-refractivity contribution in [2.24, 2.45) is 5.41 Å². The molecule has 1 aromatic carbocycles. The number of carbonyl (C=O) groups is 1. The van der Waals surface area contributed by atoms with Crippen molar-refractivity contribution in [3.8, 4) is 22.9 Å². The summed E-state index contributed by atoms with van der Waals surface area (Å²) in [6.07, 6.45) is 0.942. The number of amides is 1. The lowest BCUT2D eigenvalue weighted by atomic mass is 9.91. The Kier molecular flexibility index (Phi) is 8.01. The van der Waals surface area contributed by atoms with Gasteiger partial charge in [-0.15, -0.1) is 0 Å². The van der Waals surface area contributed by atoms with E-state index < -0.39 is 0 Å². The average molecular weight is 405 g/mol. The first-order chi connectivity index (χ1) is 13.8. The Morgan fingerprint density at radius 3 is 2.45 bits per heavy atom. The van der Waals surface area contributed by atoms with E-state index in [1.165, 1.54) is 0 Å². The van der Waals surface area contributed by atoms with Gasteiger partial charge < -0.3 is 23.6 Å². The number of nitrogens with zero attached hydrogens (tertiary/aromatic N) is 3. The van der Waals surface area contributed by atoms with E-state index in [-0.39, 0.29) is 11.3 Å². The lowest BCUT2D eigenvalue weighted by Crippen LogP contribution is -2.37. The van der Waals surface area contributed by atoms with Gasteiger partial charge in [0.1, 0.15) is 0 Å². The van der Waals surface area contributed by atoms with E-state index in [0.29, 0.717) is 55.8 Å². The molecule has 1 aromatic heterocycles. The van der Waals surface area contributed by atoms with Crippen molar-refractivity contribution in [3.05, 3.63) is 24.1 Å². The molecule has 1 amide bonds. The molecule has 0 aliphatic carbocycles. The van der Waals surface area contributed by atoms with Crippen molar-refractivity contribution in [1.29, 1.82) is 0 Å². The monoisotopic (exact) mass is 405 g/mol. The molecule has 8 heteroatoms. The van der Waals surface area contributed by atoms with E-state index in [0.717, 1.165) is 5.56 Å². The number of hydrogen-bond acceptors (Lipinski definition) is 7. The molecular weight excluding hydrogens is 374 g/mol. The van der Waals surface area contributed by atoms with Crippen molar-refractivity contribution >= 4 is 5.91 Å². The van der Waals surface area contributed by atoms with Crippen molar-refractivity contribution in [1.82, 2.24) is 15.0 Å². The summed E-state index contributed by atoms with van der Waals surface area (Å²) in [5, 5.41) is 4.05. The fraction of sp³-hybridized carbons (Fsp3) is 0.571. The van der Waals surface area contributed by atoms with Gasteiger partial charge in [0.25, 0.3) is 0 Å². The van der Waals surface area contributed by atoms with Gasteiger partial charge in [0, 0.05) is 38.6 Å². The van der Waals surface area contributed by atoms with E-state index in [1.807, 2.05) is 26.8 Å². The predicted octanol–water partition coefficient (Wildman–Crippen LogP) is 3.21. The molecule has 8 nitrogen and oxygen atoms in total. The molecule has 0 aliphatic heterocycles.